The van der Waals surface area contributed by atoms with Gasteiger partial charge in [-0.1, -0.05) is 17.3 Å². The minimum atomic E-state index is 0.322. The van der Waals surface area contributed by atoms with Gasteiger partial charge in [0.05, 0.1) is 10.9 Å². The molecule has 0 aliphatic carbocycles. The van der Waals surface area contributed by atoms with Gasteiger partial charge in [0.15, 0.2) is 0 Å². The summed E-state index contributed by atoms with van der Waals surface area (Å²) < 4.78 is 4.98. The molecule has 0 saturated heterocycles. The Kier molecular flexibility index (Phi) is 1.68. The van der Waals surface area contributed by atoms with Crippen LogP contribution in [0.1, 0.15) is 11.1 Å². The van der Waals surface area contributed by atoms with Gasteiger partial charge >= 0.3 is 0 Å². The van der Waals surface area contributed by atoms with Crippen LogP contribution in [-0.4, -0.2) is 10.1 Å². The van der Waals surface area contributed by atoms with Crippen molar-refractivity contribution >= 4 is 27.7 Å². The van der Waals surface area contributed by atoms with Crippen LogP contribution in [-0.2, 0) is 0 Å². The molecule has 0 aliphatic rings. The van der Waals surface area contributed by atoms with E-state index in [-0.39, 0.29) is 0 Å². The van der Waals surface area contributed by atoms with Gasteiger partial charge in [0.1, 0.15) is 5.52 Å². The molecule has 0 amide bonds. The zero-order chi connectivity index (χ0) is 11.3. The normalized spacial score (nSPS) is 11.4. The van der Waals surface area contributed by atoms with Crippen molar-refractivity contribution < 1.29 is 4.52 Å². The van der Waals surface area contributed by atoms with Crippen molar-refractivity contribution in [1.82, 2.24) is 10.1 Å². The number of nitrogens with zero attached hydrogens (tertiary/aromatic N) is 2. The van der Waals surface area contributed by atoms with E-state index >= 15 is 0 Å². The SMILES string of the molecule is Cc1ccc2c(ncc3c(N)onc32)c1C. The Balaban J connectivity index is 2.57. The lowest BCUT2D eigenvalue weighted by atomic mass is 10.0. The first-order chi connectivity index (χ1) is 7.68. The smallest absolute Gasteiger partial charge is 0.231 e. The number of aromatic nitrogens is 2. The van der Waals surface area contributed by atoms with Crippen molar-refractivity contribution in [3.8, 4) is 0 Å². The summed E-state index contributed by atoms with van der Waals surface area (Å²) in [7, 11) is 0. The molecular weight excluding hydrogens is 202 g/mol. The molecule has 3 rings (SSSR count). The van der Waals surface area contributed by atoms with E-state index in [9.17, 15) is 0 Å². The van der Waals surface area contributed by atoms with E-state index in [2.05, 4.69) is 30.1 Å². The van der Waals surface area contributed by atoms with E-state index in [0.29, 0.717) is 5.88 Å². The number of aryl methyl sites for hydroxylation is 2. The van der Waals surface area contributed by atoms with E-state index in [1.165, 1.54) is 11.1 Å². The first-order valence-corrected chi connectivity index (χ1v) is 5.08. The van der Waals surface area contributed by atoms with Gasteiger partial charge in [-0.3, -0.25) is 4.98 Å². The lowest BCUT2D eigenvalue weighted by molar-refractivity contribution is 0.445. The Morgan fingerprint density at radius 2 is 1.94 bits per heavy atom. The van der Waals surface area contributed by atoms with Gasteiger partial charge < -0.3 is 10.3 Å². The highest BCUT2D eigenvalue weighted by Crippen LogP contribution is 2.28. The fraction of sp³-hybridized carbons (Fsp3) is 0.167. The van der Waals surface area contributed by atoms with Crippen LogP contribution in [0.5, 0.6) is 0 Å². The minimum absolute atomic E-state index is 0.322. The van der Waals surface area contributed by atoms with E-state index in [1.54, 1.807) is 6.20 Å². The van der Waals surface area contributed by atoms with Gasteiger partial charge in [0.25, 0.3) is 0 Å². The standard InChI is InChI=1S/C12H11N3O/c1-6-3-4-8-10(7(6)2)14-5-9-11(8)15-16-12(9)13/h3-5H,13H2,1-2H3. The third kappa shape index (κ3) is 1.04. The quantitative estimate of drug-likeness (QED) is 0.623. The van der Waals surface area contributed by atoms with Gasteiger partial charge in [0.2, 0.25) is 5.88 Å². The van der Waals surface area contributed by atoms with Crippen LogP contribution in [0.4, 0.5) is 5.88 Å². The predicted octanol–water partition coefficient (Wildman–Crippen LogP) is 2.58. The monoisotopic (exact) mass is 213 g/mol. The van der Waals surface area contributed by atoms with Crippen LogP contribution in [0.15, 0.2) is 22.9 Å². The lowest BCUT2D eigenvalue weighted by Gasteiger charge is -2.04. The number of pyridine rings is 1. The zero-order valence-electron chi connectivity index (χ0n) is 9.11. The number of nitrogens with two attached hydrogens (primary N) is 1. The van der Waals surface area contributed by atoms with Crippen LogP contribution in [0.3, 0.4) is 0 Å². The molecule has 2 heterocycles. The molecule has 0 radical (unpaired) electrons. The summed E-state index contributed by atoms with van der Waals surface area (Å²) in [6.07, 6.45) is 1.72. The molecule has 0 fully saturated rings. The summed E-state index contributed by atoms with van der Waals surface area (Å²) in [5.41, 5.74) is 9.79. The molecule has 0 atom stereocenters. The molecule has 2 N–H and O–H groups in total. The van der Waals surface area contributed by atoms with Crippen molar-refractivity contribution in [2.75, 3.05) is 5.73 Å². The Labute approximate surface area is 92.0 Å². The molecule has 4 nitrogen and oxygen atoms in total. The number of fused-ring (bicyclic) bond motifs is 3. The topological polar surface area (TPSA) is 64.9 Å². The van der Waals surface area contributed by atoms with E-state index < -0.39 is 0 Å². The second-order valence-corrected chi connectivity index (χ2v) is 3.97. The van der Waals surface area contributed by atoms with Crippen molar-refractivity contribution in [3.63, 3.8) is 0 Å². The van der Waals surface area contributed by atoms with E-state index in [1.807, 2.05) is 6.07 Å². The predicted molar refractivity (Wildman–Crippen MR) is 63.2 cm³/mol. The van der Waals surface area contributed by atoms with Crippen LogP contribution in [0, 0.1) is 13.8 Å². The van der Waals surface area contributed by atoms with Gasteiger partial charge in [-0.15, -0.1) is 0 Å². The van der Waals surface area contributed by atoms with Crippen molar-refractivity contribution in [2.24, 2.45) is 0 Å². The molecule has 3 aromatic rings. The number of benzene rings is 1. The molecule has 0 saturated carbocycles. The first kappa shape index (κ1) is 9.15. The maximum Gasteiger partial charge on any atom is 0.231 e. The maximum atomic E-state index is 5.67. The maximum absolute atomic E-state index is 5.67. The Morgan fingerprint density at radius 1 is 1.12 bits per heavy atom. The third-order valence-corrected chi connectivity index (χ3v) is 3.04. The first-order valence-electron chi connectivity index (χ1n) is 5.08. The highest BCUT2D eigenvalue weighted by atomic mass is 16.5. The molecule has 0 aliphatic heterocycles. The highest BCUT2D eigenvalue weighted by Gasteiger charge is 2.11. The van der Waals surface area contributed by atoms with Gasteiger partial charge in [-0.25, -0.2) is 0 Å². The summed E-state index contributed by atoms with van der Waals surface area (Å²) in [6, 6.07) is 4.07. The Hall–Kier alpha value is -2.10. The molecule has 2 aromatic heterocycles. The fourth-order valence-corrected chi connectivity index (χ4v) is 1.92. The molecule has 0 unspecified atom stereocenters. The molecule has 80 valence electrons. The average molecular weight is 213 g/mol. The van der Waals surface area contributed by atoms with Crippen LogP contribution < -0.4 is 5.73 Å². The fourth-order valence-electron chi connectivity index (χ4n) is 1.92. The van der Waals surface area contributed by atoms with Crippen LogP contribution >= 0.6 is 0 Å². The van der Waals surface area contributed by atoms with Crippen molar-refractivity contribution in [1.29, 1.82) is 0 Å². The Morgan fingerprint density at radius 3 is 2.75 bits per heavy atom. The molecule has 0 bridgehead atoms. The lowest BCUT2D eigenvalue weighted by Crippen LogP contribution is -1.88. The number of rotatable bonds is 0. The van der Waals surface area contributed by atoms with E-state index in [4.69, 9.17) is 10.3 Å². The van der Waals surface area contributed by atoms with Crippen molar-refractivity contribution in [2.45, 2.75) is 13.8 Å². The molecular formula is C12H11N3O. The highest BCUT2D eigenvalue weighted by molar-refractivity contribution is 6.06. The van der Waals surface area contributed by atoms with Gasteiger partial charge in [-0.05, 0) is 25.0 Å². The van der Waals surface area contributed by atoms with Gasteiger partial charge in [0, 0.05) is 11.6 Å². The molecule has 0 spiro atoms. The average Bonchev–Trinajstić information content (AvgIpc) is 2.66. The number of hydrogen-bond donors (Lipinski definition) is 1. The molecule has 4 heteroatoms. The number of hydrogen-bond acceptors (Lipinski definition) is 4. The molecule has 16 heavy (non-hydrogen) atoms. The summed E-state index contributed by atoms with van der Waals surface area (Å²) in [5.74, 6) is 0.322. The Bertz CT molecular complexity index is 700. The summed E-state index contributed by atoms with van der Waals surface area (Å²) in [4.78, 5) is 4.42. The molecule has 1 aromatic carbocycles. The third-order valence-electron chi connectivity index (χ3n) is 3.04. The minimum Gasteiger partial charge on any atom is -0.367 e. The second-order valence-electron chi connectivity index (χ2n) is 3.97. The van der Waals surface area contributed by atoms with Crippen LogP contribution in [0.25, 0.3) is 21.8 Å². The zero-order valence-corrected chi connectivity index (χ0v) is 9.11. The summed E-state index contributed by atoms with van der Waals surface area (Å²) in [5, 5.41) is 5.74. The van der Waals surface area contributed by atoms with Crippen LogP contribution in [0.2, 0.25) is 0 Å². The largest absolute Gasteiger partial charge is 0.367 e. The number of anilines is 1. The number of nitrogen functional groups attached to an aromatic ring is 1. The second kappa shape index (κ2) is 2.95. The van der Waals surface area contributed by atoms with Gasteiger partial charge in [-0.2, -0.15) is 0 Å². The van der Waals surface area contributed by atoms with E-state index in [0.717, 1.165) is 21.8 Å². The summed E-state index contributed by atoms with van der Waals surface area (Å²) in [6.45, 7) is 4.12. The summed E-state index contributed by atoms with van der Waals surface area (Å²) >= 11 is 0. The van der Waals surface area contributed by atoms with Crippen molar-refractivity contribution in [3.05, 3.63) is 29.5 Å².